The number of para-hydroxylation sites is 1. The van der Waals surface area contributed by atoms with Crippen LogP contribution in [0.25, 0.3) is 17.1 Å². The Bertz CT molecular complexity index is 1800. The molecule has 0 bridgehead atoms. The lowest BCUT2D eigenvalue weighted by atomic mass is 10.1. The first kappa shape index (κ1) is 29.7. The van der Waals surface area contributed by atoms with E-state index in [0.29, 0.717) is 21.8 Å². The van der Waals surface area contributed by atoms with Crippen molar-refractivity contribution in [3.05, 3.63) is 117 Å². The molecule has 0 saturated heterocycles. The minimum Gasteiger partial charge on any atom is -0.382 e. The second kappa shape index (κ2) is 12.2. The van der Waals surface area contributed by atoms with Gasteiger partial charge in [-0.15, -0.1) is 10.2 Å². The van der Waals surface area contributed by atoms with Crippen molar-refractivity contribution in [1.82, 2.24) is 34.4 Å². The molecule has 2 aromatic heterocycles. The maximum Gasteiger partial charge on any atom is 0.416 e. The molecule has 1 atom stereocenters. The molecule has 2 N–H and O–H groups in total. The molecule has 0 unspecified atom stereocenters. The molecule has 0 aliphatic rings. The Morgan fingerprint density at radius 2 is 1.70 bits per heavy atom. The fourth-order valence-electron chi connectivity index (χ4n) is 4.16. The SMILES string of the molecule is O=C(NCc1ccc(F)cc1)c1ccccc1-n1cnc(Cn2nc(-c3ccc(Cl)cc3)n(C[C@H](O)C(F)(F)F)c2=O)n1. The van der Waals surface area contributed by atoms with Gasteiger partial charge in [0.15, 0.2) is 17.8 Å². The van der Waals surface area contributed by atoms with E-state index in [1.807, 2.05) is 0 Å². The Labute approximate surface area is 245 Å². The van der Waals surface area contributed by atoms with Crippen LogP contribution >= 0.6 is 11.6 Å². The molecule has 10 nitrogen and oxygen atoms in total. The van der Waals surface area contributed by atoms with E-state index in [1.165, 1.54) is 47.4 Å². The minimum atomic E-state index is -4.96. The quantitative estimate of drug-likeness (QED) is 0.242. The van der Waals surface area contributed by atoms with Gasteiger partial charge in [-0.1, -0.05) is 35.9 Å². The van der Waals surface area contributed by atoms with E-state index in [0.717, 1.165) is 9.25 Å². The second-order valence-corrected chi connectivity index (χ2v) is 9.81. The third kappa shape index (κ3) is 6.81. The average Bonchev–Trinajstić information content (AvgIpc) is 3.57. The number of benzene rings is 3. The van der Waals surface area contributed by atoms with Gasteiger partial charge in [-0.2, -0.15) is 13.2 Å². The first-order valence-corrected chi connectivity index (χ1v) is 13.1. The van der Waals surface area contributed by atoms with Gasteiger partial charge in [-0.25, -0.2) is 23.5 Å². The van der Waals surface area contributed by atoms with Crippen molar-refractivity contribution in [3.63, 3.8) is 0 Å². The van der Waals surface area contributed by atoms with Crippen LogP contribution in [0.1, 0.15) is 21.7 Å². The van der Waals surface area contributed by atoms with E-state index < -0.39 is 36.2 Å². The summed E-state index contributed by atoms with van der Waals surface area (Å²) in [5.74, 6) is -0.862. The summed E-state index contributed by atoms with van der Waals surface area (Å²) in [7, 11) is 0. The summed E-state index contributed by atoms with van der Waals surface area (Å²) in [6.45, 7) is -1.25. The molecule has 0 fully saturated rings. The number of nitrogens with zero attached hydrogens (tertiary/aromatic N) is 6. The highest BCUT2D eigenvalue weighted by molar-refractivity contribution is 6.30. The standard InChI is InChI=1S/C28H22ClF4N7O3/c29-19-9-7-18(8-10-19)25-37-39(27(43)38(25)14-23(41)28(31,32)33)15-24-35-16-40(36-24)22-4-2-1-3-21(22)26(42)34-13-17-5-11-20(30)12-6-17/h1-12,16,23,41H,13-15H2,(H,34,42)/t23-/m0/s1. The summed E-state index contributed by atoms with van der Waals surface area (Å²) in [5, 5.41) is 21.3. The van der Waals surface area contributed by atoms with Gasteiger partial charge < -0.3 is 10.4 Å². The van der Waals surface area contributed by atoms with Crippen LogP contribution < -0.4 is 11.0 Å². The van der Waals surface area contributed by atoms with Gasteiger partial charge in [-0.05, 0) is 54.1 Å². The van der Waals surface area contributed by atoms with E-state index in [1.54, 1.807) is 36.4 Å². The number of aromatic nitrogens is 6. The molecule has 3 aromatic carbocycles. The molecule has 0 radical (unpaired) electrons. The van der Waals surface area contributed by atoms with E-state index in [-0.39, 0.29) is 30.3 Å². The number of hydrogen-bond acceptors (Lipinski definition) is 6. The Morgan fingerprint density at radius 3 is 2.40 bits per heavy atom. The molecule has 5 aromatic rings. The van der Waals surface area contributed by atoms with E-state index >= 15 is 0 Å². The zero-order chi connectivity index (χ0) is 30.7. The maximum absolute atomic E-state index is 13.2. The van der Waals surface area contributed by atoms with Crippen LogP contribution in [-0.2, 0) is 19.6 Å². The Morgan fingerprint density at radius 1 is 1.00 bits per heavy atom. The number of hydrogen-bond donors (Lipinski definition) is 2. The Hall–Kier alpha value is -4.82. The molecule has 2 heterocycles. The van der Waals surface area contributed by atoms with Gasteiger partial charge in [0, 0.05) is 17.1 Å². The largest absolute Gasteiger partial charge is 0.416 e. The Kier molecular flexibility index (Phi) is 8.41. The number of amides is 1. The third-order valence-electron chi connectivity index (χ3n) is 6.35. The lowest BCUT2D eigenvalue weighted by Gasteiger charge is -2.15. The monoisotopic (exact) mass is 615 g/mol. The van der Waals surface area contributed by atoms with E-state index in [9.17, 15) is 32.3 Å². The normalized spacial score (nSPS) is 12.3. The van der Waals surface area contributed by atoms with Crippen molar-refractivity contribution >= 4 is 17.5 Å². The molecule has 0 spiro atoms. The van der Waals surface area contributed by atoms with Crippen LogP contribution in [0.3, 0.4) is 0 Å². The van der Waals surface area contributed by atoms with Crippen LogP contribution in [-0.4, -0.2) is 52.4 Å². The van der Waals surface area contributed by atoms with Gasteiger partial charge in [0.2, 0.25) is 0 Å². The average molecular weight is 616 g/mol. The van der Waals surface area contributed by atoms with E-state index in [4.69, 9.17) is 11.6 Å². The summed E-state index contributed by atoms with van der Waals surface area (Å²) >= 11 is 5.92. The van der Waals surface area contributed by atoms with Gasteiger partial charge in [0.25, 0.3) is 5.91 Å². The zero-order valence-corrected chi connectivity index (χ0v) is 22.8. The Balaban J connectivity index is 1.40. The molecule has 43 heavy (non-hydrogen) atoms. The van der Waals surface area contributed by atoms with Crippen molar-refractivity contribution < 1.29 is 27.5 Å². The first-order valence-electron chi connectivity index (χ1n) is 12.7. The molecule has 1 amide bonds. The highest BCUT2D eigenvalue weighted by Crippen LogP contribution is 2.24. The van der Waals surface area contributed by atoms with Crippen molar-refractivity contribution in [2.24, 2.45) is 0 Å². The van der Waals surface area contributed by atoms with Crippen LogP contribution in [0.4, 0.5) is 17.6 Å². The smallest absolute Gasteiger partial charge is 0.382 e. The number of halogens is 5. The van der Waals surface area contributed by atoms with Crippen LogP contribution in [0.5, 0.6) is 0 Å². The number of carbonyl (C=O) groups excluding carboxylic acids is 1. The van der Waals surface area contributed by atoms with Gasteiger partial charge in [0.05, 0.1) is 17.8 Å². The van der Waals surface area contributed by atoms with Crippen molar-refractivity contribution in [2.45, 2.75) is 31.9 Å². The summed E-state index contributed by atoms with van der Waals surface area (Å²) in [6, 6.07) is 18.2. The van der Waals surface area contributed by atoms with Crippen LogP contribution in [0.2, 0.25) is 5.02 Å². The molecule has 222 valence electrons. The molecule has 0 aliphatic carbocycles. The zero-order valence-electron chi connectivity index (χ0n) is 22.0. The molecule has 0 aliphatic heterocycles. The van der Waals surface area contributed by atoms with Gasteiger partial charge in [-0.3, -0.25) is 9.36 Å². The van der Waals surface area contributed by atoms with Crippen molar-refractivity contribution in [1.29, 1.82) is 0 Å². The number of aliphatic hydroxyl groups excluding tert-OH is 1. The first-order chi connectivity index (χ1) is 20.5. The second-order valence-electron chi connectivity index (χ2n) is 9.37. The summed E-state index contributed by atoms with van der Waals surface area (Å²) in [6.07, 6.45) is -6.45. The summed E-state index contributed by atoms with van der Waals surface area (Å²) < 4.78 is 55.5. The number of rotatable bonds is 9. The minimum absolute atomic E-state index is 0.0762. The number of alkyl halides is 3. The van der Waals surface area contributed by atoms with Crippen LogP contribution in [0.15, 0.2) is 83.9 Å². The number of carbonyl (C=O) groups is 1. The number of nitrogens with one attached hydrogen (secondary N) is 1. The molecule has 0 saturated carbocycles. The van der Waals surface area contributed by atoms with Crippen LogP contribution in [0, 0.1) is 5.82 Å². The van der Waals surface area contributed by atoms with Gasteiger partial charge >= 0.3 is 11.9 Å². The van der Waals surface area contributed by atoms with E-state index in [2.05, 4.69) is 20.5 Å². The molecule has 5 rings (SSSR count). The lowest BCUT2D eigenvalue weighted by molar-refractivity contribution is -0.207. The topological polar surface area (TPSA) is 120 Å². The summed E-state index contributed by atoms with van der Waals surface area (Å²) in [4.78, 5) is 30.3. The highest BCUT2D eigenvalue weighted by Gasteiger charge is 2.39. The lowest BCUT2D eigenvalue weighted by Crippen LogP contribution is -2.37. The summed E-state index contributed by atoms with van der Waals surface area (Å²) in [5.41, 5.74) is 0.694. The maximum atomic E-state index is 13.2. The predicted molar refractivity (Wildman–Crippen MR) is 147 cm³/mol. The van der Waals surface area contributed by atoms with Crippen molar-refractivity contribution in [2.75, 3.05) is 0 Å². The molecule has 15 heteroatoms. The van der Waals surface area contributed by atoms with Gasteiger partial charge in [0.1, 0.15) is 18.7 Å². The molecular formula is C28H22ClF4N7O3. The van der Waals surface area contributed by atoms with Crippen molar-refractivity contribution in [3.8, 4) is 17.1 Å². The fraction of sp³-hybridized carbons (Fsp3) is 0.179. The predicted octanol–water partition coefficient (Wildman–Crippen LogP) is 3.99. The molecular weight excluding hydrogens is 594 g/mol. The fourth-order valence-corrected chi connectivity index (χ4v) is 4.29. The highest BCUT2D eigenvalue weighted by atomic mass is 35.5. The number of aliphatic hydroxyl groups is 1. The third-order valence-corrected chi connectivity index (χ3v) is 6.60.